The lowest BCUT2D eigenvalue weighted by atomic mass is 10.0. The maximum absolute atomic E-state index is 13.8. The predicted molar refractivity (Wildman–Crippen MR) is 157 cm³/mol. The summed E-state index contributed by atoms with van der Waals surface area (Å²) >= 11 is 3.24. The monoisotopic (exact) mass is 671 g/mol. The van der Waals surface area contributed by atoms with Crippen LogP contribution in [0.2, 0.25) is 0 Å². The Kier molecular flexibility index (Phi) is 7.47. The Labute approximate surface area is 244 Å². The van der Waals surface area contributed by atoms with Gasteiger partial charge in [0.05, 0.1) is 27.3 Å². The molecule has 0 bridgehead atoms. The number of allylic oxidation sites excluding steroid dienone is 1. The number of hydrogen-bond acceptors (Lipinski definition) is 9. The summed E-state index contributed by atoms with van der Waals surface area (Å²) in [5.41, 5.74) is 1.74. The second-order valence-corrected chi connectivity index (χ2v) is 11.2. The van der Waals surface area contributed by atoms with Gasteiger partial charge in [0.1, 0.15) is 23.3 Å². The van der Waals surface area contributed by atoms with Crippen molar-refractivity contribution in [3.8, 4) is 17.1 Å². The molecule has 204 valence electrons. The SMILES string of the molecule is CCOC(=O)C1=C(C)N=c2s/c(=C\c3cc(I)ccc3O)c(=O)n2[C@@H]1c1ccc(-c2cc([N+](=O)[O-])ccc2C)o1. The predicted octanol–water partition coefficient (Wildman–Crippen LogP) is 4.59. The van der Waals surface area contributed by atoms with Crippen LogP contribution in [0.5, 0.6) is 5.75 Å². The normalized spacial score (nSPS) is 15.1. The number of carbonyl (C=O) groups excluding carboxylic acids is 1. The van der Waals surface area contributed by atoms with Crippen LogP contribution in [0.1, 0.15) is 36.8 Å². The number of phenols is 1. The fourth-order valence-electron chi connectivity index (χ4n) is 4.48. The van der Waals surface area contributed by atoms with E-state index in [2.05, 4.69) is 27.6 Å². The number of carbonyl (C=O) groups is 1. The zero-order chi connectivity index (χ0) is 28.7. The highest BCUT2D eigenvalue weighted by molar-refractivity contribution is 14.1. The molecule has 5 rings (SSSR count). The van der Waals surface area contributed by atoms with Gasteiger partial charge in [-0.25, -0.2) is 9.79 Å². The molecule has 1 aliphatic heterocycles. The summed E-state index contributed by atoms with van der Waals surface area (Å²) in [6.07, 6.45) is 1.59. The first-order valence-electron chi connectivity index (χ1n) is 12.1. The van der Waals surface area contributed by atoms with Crippen molar-refractivity contribution in [1.82, 2.24) is 4.57 Å². The summed E-state index contributed by atoms with van der Waals surface area (Å²) in [5, 5.41) is 21.7. The van der Waals surface area contributed by atoms with Crippen molar-refractivity contribution in [3.63, 3.8) is 0 Å². The Hall–Kier alpha value is -4.04. The minimum Gasteiger partial charge on any atom is -0.507 e. The molecule has 0 saturated heterocycles. The molecule has 0 fully saturated rings. The number of esters is 1. The number of thiazole rings is 1. The molecule has 40 heavy (non-hydrogen) atoms. The number of aromatic hydroxyl groups is 1. The molecule has 1 atom stereocenters. The fraction of sp³-hybridized carbons (Fsp3) is 0.179. The minimum absolute atomic E-state index is 0.0224. The van der Waals surface area contributed by atoms with Crippen molar-refractivity contribution in [3.05, 3.63) is 110 Å². The largest absolute Gasteiger partial charge is 0.507 e. The number of fused-ring (bicyclic) bond motifs is 1. The van der Waals surface area contributed by atoms with Gasteiger partial charge in [-0.1, -0.05) is 17.4 Å². The van der Waals surface area contributed by atoms with Gasteiger partial charge in [-0.3, -0.25) is 19.5 Å². The van der Waals surface area contributed by atoms with E-state index in [1.165, 1.54) is 16.7 Å². The van der Waals surface area contributed by atoms with Crippen LogP contribution in [0.25, 0.3) is 17.4 Å². The number of nitro groups is 1. The fourth-order valence-corrected chi connectivity index (χ4v) is 6.03. The lowest BCUT2D eigenvalue weighted by Gasteiger charge is -2.22. The van der Waals surface area contributed by atoms with Crippen molar-refractivity contribution in [1.29, 1.82) is 0 Å². The molecule has 0 radical (unpaired) electrons. The Morgan fingerprint density at radius 1 is 1.25 bits per heavy atom. The van der Waals surface area contributed by atoms with Crippen molar-refractivity contribution < 1.29 is 24.0 Å². The lowest BCUT2D eigenvalue weighted by molar-refractivity contribution is -0.384. The Morgan fingerprint density at radius 2 is 2.02 bits per heavy atom. The summed E-state index contributed by atoms with van der Waals surface area (Å²) in [6.45, 7) is 5.27. The van der Waals surface area contributed by atoms with Gasteiger partial charge in [-0.15, -0.1) is 0 Å². The zero-order valence-corrected chi connectivity index (χ0v) is 24.5. The molecule has 0 spiro atoms. The maximum atomic E-state index is 13.8. The molecule has 4 aromatic rings. The quantitative estimate of drug-likeness (QED) is 0.137. The number of rotatable bonds is 6. The number of non-ortho nitro benzene ring substituents is 1. The number of aromatic nitrogens is 1. The van der Waals surface area contributed by atoms with Gasteiger partial charge in [0.15, 0.2) is 4.80 Å². The summed E-state index contributed by atoms with van der Waals surface area (Å²) in [4.78, 5) is 42.7. The Balaban J connectivity index is 1.71. The number of ether oxygens (including phenoxy) is 1. The lowest BCUT2D eigenvalue weighted by Crippen LogP contribution is -2.39. The molecule has 0 amide bonds. The van der Waals surface area contributed by atoms with Crippen LogP contribution in [0.3, 0.4) is 0 Å². The molecule has 10 nitrogen and oxygen atoms in total. The smallest absolute Gasteiger partial charge is 0.338 e. The number of halogens is 1. The first-order valence-corrected chi connectivity index (χ1v) is 14.0. The average Bonchev–Trinajstić information content (AvgIpc) is 3.50. The van der Waals surface area contributed by atoms with Gasteiger partial charge < -0.3 is 14.3 Å². The molecule has 0 aliphatic carbocycles. The van der Waals surface area contributed by atoms with Crippen molar-refractivity contribution in [2.75, 3.05) is 6.61 Å². The number of nitrogens with zero attached hydrogens (tertiary/aromatic N) is 3. The third-order valence-corrected chi connectivity index (χ3v) is 8.04. The second-order valence-electron chi connectivity index (χ2n) is 8.96. The number of phenolic OH excluding ortho intramolecular Hbond substituents is 1. The molecule has 2 aromatic heterocycles. The van der Waals surface area contributed by atoms with E-state index >= 15 is 0 Å². The standard InChI is InChI=1S/C28H22IN3O7S/c1-4-38-27(35)24-15(3)30-28-31(26(34)23(40-28)12-16-11-17(29)6-8-20(16)33)25(24)22-10-9-21(39-22)19-13-18(32(36)37)7-5-14(19)2/h5-13,25,33H,4H2,1-3H3/b23-12-/t25-/m1/s1. The van der Waals surface area contributed by atoms with E-state index in [4.69, 9.17) is 9.15 Å². The molecular formula is C28H22IN3O7S. The van der Waals surface area contributed by atoms with E-state index in [1.807, 2.05) is 0 Å². The van der Waals surface area contributed by atoms with E-state index in [-0.39, 0.29) is 29.4 Å². The highest BCUT2D eigenvalue weighted by Crippen LogP contribution is 2.36. The number of nitro benzene ring substituents is 1. The molecule has 0 unspecified atom stereocenters. The number of hydrogen-bond donors (Lipinski definition) is 1. The van der Waals surface area contributed by atoms with Gasteiger partial charge in [-0.2, -0.15) is 0 Å². The maximum Gasteiger partial charge on any atom is 0.338 e. The summed E-state index contributed by atoms with van der Waals surface area (Å²) in [6, 6.07) is 11.8. The number of benzene rings is 2. The molecule has 0 saturated carbocycles. The van der Waals surface area contributed by atoms with E-state index in [0.29, 0.717) is 31.9 Å². The van der Waals surface area contributed by atoms with Crippen molar-refractivity contribution in [2.24, 2.45) is 4.99 Å². The van der Waals surface area contributed by atoms with Gasteiger partial charge in [-0.05, 0) is 85.3 Å². The molecule has 3 heterocycles. The van der Waals surface area contributed by atoms with Gasteiger partial charge in [0.2, 0.25) is 0 Å². The third kappa shape index (κ3) is 4.99. The molecule has 1 aliphatic rings. The molecule has 2 aromatic carbocycles. The Bertz CT molecular complexity index is 1900. The average molecular weight is 671 g/mol. The molecule has 12 heteroatoms. The topological polar surface area (TPSA) is 137 Å². The second kappa shape index (κ2) is 10.8. The minimum atomic E-state index is -0.991. The van der Waals surface area contributed by atoms with E-state index in [9.17, 15) is 24.8 Å². The van der Waals surface area contributed by atoms with Crippen molar-refractivity contribution >= 4 is 51.7 Å². The number of aryl methyl sites for hydroxylation is 1. The molecule has 1 N–H and O–H groups in total. The number of furan rings is 1. The highest BCUT2D eigenvalue weighted by Gasteiger charge is 2.35. The van der Waals surface area contributed by atoms with Crippen LogP contribution in [-0.2, 0) is 9.53 Å². The zero-order valence-electron chi connectivity index (χ0n) is 21.5. The van der Waals surface area contributed by atoms with Gasteiger partial charge in [0, 0.05) is 26.8 Å². The van der Waals surface area contributed by atoms with Gasteiger partial charge >= 0.3 is 5.97 Å². The molecular weight excluding hydrogens is 649 g/mol. The van der Waals surface area contributed by atoms with Crippen LogP contribution >= 0.6 is 33.9 Å². The van der Waals surface area contributed by atoms with Crippen LogP contribution in [0.4, 0.5) is 5.69 Å². The third-order valence-electron chi connectivity index (χ3n) is 6.39. The summed E-state index contributed by atoms with van der Waals surface area (Å²) in [7, 11) is 0. The van der Waals surface area contributed by atoms with Crippen LogP contribution < -0.4 is 14.9 Å². The van der Waals surface area contributed by atoms with Crippen molar-refractivity contribution in [2.45, 2.75) is 26.8 Å². The first-order chi connectivity index (χ1) is 19.1. The first kappa shape index (κ1) is 27.5. The highest BCUT2D eigenvalue weighted by atomic mass is 127. The van der Waals surface area contributed by atoms with E-state index in [0.717, 1.165) is 20.5 Å². The van der Waals surface area contributed by atoms with E-state index < -0.39 is 22.5 Å². The summed E-state index contributed by atoms with van der Waals surface area (Å²) in [5.74, 6) is -0.0000463. The van der Waals surface area contributed by atoms with Crippen LogP contribution in [0.15, 0.2) is 74.0 Å². The van der Waals surface area contributed by atoms with Gasteiger partial charge in [0.25, 0.3) is 11.2 Å². The van der Waals surface area contributed by atoms with E-state index in [1.54, 1.807) is 63.2 Å². The van der Waals surface area contributed by atoms with Crippen LogP contribution in [0, 0.1) is 20.6 Å². The van der Waals surface area contributed by atoms with Crippen LogP contribution in [-0.4, -0.2) is 27.2 Å². The Morgan fingerprint density at radius 3 is 2.75 bits per heavy atom. The summed E-state index contributed by atoms with van der Waals surface area (Å²) < 4.78 is 14.1.